The van der Waals surface area contributed by atoms with E-state index in [1.807, 2.05) is 13.8 Å². The third kappa shape index (κ3) is 2.07. The Balaban J connectivity index is 2.45. The van der Waals surface area contributed by atoms with Crippen molar-refractivity contribution in [3.05, 3.63) is 0 Å². The Labute approximate surface area is 74.3 Å². The van der Waals surface area contributed by atoms with Crippen molar-refractivity contribution in [2.45, 2.75) is 45.1 Å². The topological polar surface area (TPSA) is 26.3 Å². The molecule has 0 aliphatic heterocycles. The van der Waals surface area contributed by atoms with Gasteiger partial charge >= 0.3 is 0 Å². The summed E-state index contributed by atoms with van der Waals surface area (Å²) in [5.41, 5.74) is -0.525. The lowest BCUT2D eigenvalue weighted by Crippen LogP contribution is -2.36. The molecule has 70 valence electrons. The molecule has 0 aromatic rings. The Morgan fingerprint density at radius 1 is 1.58 bits per heavy atom. The number of methoxy groups -OCH3 is 1. The van der Waals surface area contributed by atoms with E-state index in [-0.39, 0.29) is 5.78 Å². The zero-order chi connectivity index (χ0) is 9.19. The molecule has 1 atom stereocenters. The largest absolute Gasteiger partial charge is 0.371 e. The number of ketones is 1. The van der Waals surface area contributed by atoms with E-state index in [2.05, 4.69) is 0 Å². The minimum atomic E-state index is -0.525. The van der Waals surface area contributed by atoms with E-state index in [0.717, 1.165) is 12.8 Å². The summed E-state index contributed by atoms with van der Waals surface area (Å²) in [7, 11) is 1.62. The Kier molecular flexibility index (Phi) is 2.89. The van der Waals surface area contributed by atoms with Gasteiger partial charge in [0.05, 0.1) is 0 Å². The first kappa shape index (κ1) is 9.72. The van der Waals surface area contributed by atoms with E-state index >= 15 is 0 Å². The van der Waals surface area contributed by atoms with E-state index in [4.69, 9.17) is 4.74 Å². The zero-order valence-corrected chi connectivity index (χ0v) is 8.22. The molecule has 0 saturated heterocycles. The van der Waals surface area contributed by atoms with Crippen molar-refractivity contribution in [2.24, 2.45) is 5.92 Å². The highest BCUT2D eigenvalue weighted by molar-refractivity contribution is 5.87. The van der Waals surface area contributed by atoms with Gasteiger partial charge in [0.2, 0.25) is 0 Å². The molecule has 2 nitrogen and oxygen atoms in total. The highest BCUT2D eigenvalue weighted by atomic mass is 16.5. The van der Waals surface area contributed by atoms with Crippen molar-refractivity contribution < 1.29 is 9.53 Å². The first-order valence-electron chi connectivity index (χ1n) is 4.71. The Morgan fingerprint density at radius 3 is 2.50 bits per heavy atom. The molecule has 0 aromatic heterocycles. The summed E-state index contributed by atoms with van der Waals surface area (Å²) >= 11 is 0. The third-order valence-corrected chi connectivity index (χ3v) is 2.89. The maximum Gasteiger partial charge on any atom is 0.164 e. The van der Waals surface area contributed by atoms with Crippen LogP contribution in [0.5, 0.6) is 0 Å². The van der Waals surface area contributed by atoms with Gasteiger partial charge in [-0.15, -0.1) is 0 Å². The normalized spacial score (nSPS) is 21.9. The van der Waals surface area contributed by atoms with Gasteiger partial charge in [0.15, 0.2) is 5.78 Å². The lowest BCUT2D eigenvalue weighted by atomic mass is 9.94. The van der Waals surface area contributed by atoms with Crippen LogP contribution in [0, 0.1) is 5.92 Å². The number of carbonyl (C=O) groups excluding carboxylic acids is 1. The van der Waals surface area contributed by atoms with Crippen molar-refractivity contribution >= 4 is 5.78 Å². The van der Waals surface area contributed by atoms with Crippen molar-refractivity contribution in [3.8, 4) is 0 Å². The van der Waals surface area contributed by atoms with Crippen LogP contribution in [0.15, 0.2) is 0 Å². The lowest BCUT2D eigenvalue weighted by Gasteiger charge is -2.24. The van der Waals surface area contributed by atoms with Crippen LogP contribution in [0.2, 0.25) is 0 Å². The summed E-state index contributed by atoms with van der Waals surface area (Å²) in [4.78, 5) is 11.7. The fourth-order valence-corrected chi connectivity index (χ4v) is 1.26. The van der Waals surface area contributed by atoms with Crippen LogP contribution < -0.4 is 0 Å². The molecule has 0 spiro atoms. The zero-order valence-electron chi connectivity index (χ0n) is 8.22. The molecule has 0 N–H and O–H groups in total. The average Bonchev–Trinajstić information content (AvgIpc) is 2.86. The third-order valence-electron chi connectivity index (χ3n) is 2.89. The second-order valence-corrected chi connectivity index (χ2v) is 3.86. The van der Waals surface area contributed by atoms with Gasteiger partial charge < -0.3 is 4.74 Å². The minimum Gasteiger partial charge on any atom is -0.371 e. The van der Waals surface area contributed by atoms with Crippen LogP contribution in [0.25, 0.3) is 0 Å². The summed E-state index contributed by atoms with van der Waals surface area (Å²) in [6.45, 7) is 3.88. The minimum absolute atomic E-state index is 0.273. The predicted molar refractivity (Wildman–Crippen MR) is 48.1 cm³/mol. The summed E-state index contributed by atoms with van der Waals surface area (Å²) in [5, 5.41) is 0. The van der Waals surface area contributed by atoms with Crippen molar-refractivity contribution in [1.82, 2.24) is 0 Å². The Hall–Kier alpha value is -0.370. The number of rotatable bonds is 5. The Bertz CT molecular complexity index is 167. The van der Waals surface area contributed by atoms with Crippen LogP contribution >= 0.6 is 0 Å². The molecule has 1 rings (SSSR count). The molecule has 1 fully saturated rings. The number of hydrogen-bond acceptors (Lipinski definition) is 2. The van der Waals surface area contributed by atoms with Crippen molar-refractivity contribution in [2.75, 3.05) is 7.11 Å². The van der Waals surface area contributed by atoms with Crippen LogP contribution in [-0.2, 0) is 9.53 Å². The first-order valence-corrected chi connectivity index (χ1v) is 4.71. The fourth-order valence-electron chi connectivity index (χ4n) is 1.26. The first-order chi connectivity index (χ1) is 5.62. The molecule has 12 heavy (non-hydrogen) atoms. The molecule has 0 bridgehead atoms. The number of ether oxygens (including phenoxy) is 1. The summed E-state index contributed by atoms with van der Waals surface area (Å²) < 4.78 is 5.23. The van der Waals surface area contributed by atoms with Crippen LogP contribution in [0.1, 0.15) is 39.5 Å². The van der Waals surface area contributed by atoms with Gasteiger partial charge in [0.25, 0.3) is 0 Å². The van der Waals surface area contributed by atoms with Gasteiger partial charge in [-0.1, -0.05) is 6.92 Å². The average molecular weight is 170 g/mol. The second-order valence-electron chi connectivity index (χ2n) is 3.86. The van der Waals surface area contributed by atoms with Crippen molar-refractivity contribution in [3.63, 3.8) is 0 Å². The molecule has 0 radical (unpaired) electrons. The molecule has 0 heterocycles. The molecule has 2 heteroatoms. The maximum absolute atomic E-state index is 11.7. The summed E-state index contributed by atoms with van der Waals surface area (Å²) in [5.74, 6) is 0.938. The van der Waals surface area contributed by atoms with Gasteiger partial charge in [0.1, 0.15) is 5.60 Å². The van der Waals surface area contributed by atoms with Gasteiger partial charge in [-0.3, -0.25) is 4.79 Å². The van der Waals surface area contributed by atoms with E-state index in [1.54, 1.807) is 7.11 Å². The predicted octanol–water partition coefficient (Wildman–Crippen LogP) is 2.17. The summed E-state index contributed by atoms with van der Waals surface area (Å²) in [6, 6.07) is 0. The Morgan fingerprint density at radius 2 is 2.17 bits per heavy atom. The van der Waals surface area contributed by atoms with E-state index in [9.17, 15) is 4.79 Å². The molecular weight excluding hydrogens is 152 g/mol. The van der Waals surface area contributed by atoms with Crippen LogP contribution in [0.3, 0.4) is 0 Å². The summed E-state index contributed by atoms with van der Waals surface area (Å²) in [6.07, 6.45) is 3.96. The van der Waals surface area contributed by atoms with E-state index in [0.29, 0.717) is 5.92 Å². The smallest absolute Gasteiger partial charge is 0.164 e. The molecule has 0 aromatic carbocycles. The van der Waals surface area contributed by atoms with Gasteiger partial charge in [-0.25, -0.2) is 0 Å². The van der Waals surface area contributed by atoms with Gasteiger partial charge in [-0.2, -0.15) is 0 Å². The monoisotopic (exact) mass is 170 g/mol. The molecule has 1 aliphatic carbocycles. The highest BCUT2D eigenvalue weighted by Gasteiger charge is 2.35. The maximum atomic E-state index is 11.7. The molecule has 1 aliphatic rings. The number of Topliss-reactive ketones (excluding diaryl/α,β-unsaturated/α-hetero) is 1. The van der Waals surface area contributed by atoms with Crippen LogP contribution in [-0.4, -0.2) is 18.5 Å². The fraction of sp³-hybridized carbons (Fsp3) is 0.900. The van der Waals surface area contributed by atoms with E-state index in [1.165, 1.54) is 12.8 Å². The standard InChI is InChI=1S/C10H18O2/c1-4-10(2,12-3)9(11)7-8-5-6-8/h8H,4-7H2,1-3H3. The molecule has 1 saturated carbocycles. The quantitative estimate of drug-likeness (QED) is 0.632. The molecule has 1 unspecified atom stereocenters. The SMILES string of the molecule is CCC(C)(OC)C(=O)CC1CC1. The number of hydrogen-bond donors (Lipinski definition) is 0. The van der Waals surface area contributed by atoms with Gasteiger partial charge in [0, 0.05) is 13.5 Å². The second kappa shape index (κ2) is 3.56. The molecule has 0 amide bonds. The highest BCUT2D eigenvalue weighted by Crippen LogP contribution is 2.34. The number of carbonyl (C=O) groups is 1. The molecular formula is C10H18O2. The lowest BCUT2D eigenvalue weighted by molar-refractivity contribution is -0.139. The van der Waals surface area contributed by atoms with Crippen LogP contribution in [0.4, 0.5) is 0 Å². The van der Waals surface area contributed by atoms with E-state index < -0.39 is 5.60 Å². The van der Waals surface area contributed by atoms with Crippen molar-refractivity contribution in [1.29, 1.82) is 0 Å². The van der Waals surface area contributed by atoms with Gasteiger partial charge in [-0.05, 0) is 32.1 Å².